The lowest BCUT2D eigenvalue weighted by molar-refractivity contribution is 0.242. The van der Waals surface area contributed by atoms with Gasteiger partial charge in [0.15, 0.2) is 0 Å². The number of nitrogens with zero attached hydrogens (tertiary/aromatic N) is 5. The van der Waals surface area contributed by atoms with Crippen molar-refractivity contribution in [3.05, 3.63) is 34.8 Å². The number of hydrogen-bond donors (Lipinski definition) is 0. The Morgan fingerprint density at radius 2 is 1.85 bits per heavy atom. The van der Waals surface area contributed by atoms with Gasteiger partial charge < -0.3 is 4.57 Å². The molecule has 0 amide bonds. The van der Waals surface area contributed by atoms with Crippen LogP contribution in [-0.2, 0) is 20.1 Å². The zero-order valence-electron chi connectivity index (χ0n) is 11.9. The lowest BCUT2D eigenvalue weighted by Gasteiger charge is -2.20. The van der Waals surface area contributed by atoms with Crippen LogP contribution in [-0.4, -0.2) is 50.5 Å². The summed E-state index contributed by atoms with van der Waals surface area (Å²) in [4.78, 5) is 13.8. The molecule has 0 spiro atoms. The van der Waals surface area contributed by atoms with Gasteiger partial charge in [-0.05, 0) is 19.5 Å². The van der Waals surface area contributed by atoms with Gasteiger partial charge in [-0.3, -0.25) is 9.80 Å². The van der Waals surface area contributed by atoms with Crippen LogP contribution in [0.4, 0.5) is 0 Å². The van der Waals surface area contributed by atoms with Gasteiger partial charge in [0.05, 0.1) is 13.1 Å². The van der Waals surface area contributed by atoms with Crippen LogP contribution in [0, 0.1) is 0 Å². The molecule has 1 aliphatic heterocycles. The SMILES string of the molecule is Cn1ccnc1CN1CCCN(Cc2nccs2)CC1. The van der Waals surface area contributed by atoms with Gasteiger partial charge in [-0.25, -0.2) is 9.97 Å². The maximum atomic E-state index is 4.42. The van der Waals surface area contributed by atoms with Crippen molar-refractivity contribution in [2.45, 2.75) is 19.5 Å². The summed E-state index contributed by atoms with van der Waals surface area (Å²) in [6.07, 6.45) is 7.00. The van der Waals surface area contributed by atoms with Gasteiger partial charge in [-0.2, -0.15) is 0 Å². The van der Waals surface area contributed by atoms with Crippen LogP contribution in [0.15, 0.2) is 24.0 Å². The molecule has 0 bridgehead atoms. The molecule has 1 saturated heterocycles. The second-order valence-electron chi connectivity index (χ2n) is 5.29. The van der Waals surface area contributed by atoms with Gasteiger partial charge >= 0.3 is 0 Å². The summed E-state index contributed by atoms with van der Waals surface area (Å²) in [6.45, 7) is 6.49. The fourth-order valence-corrected chi connectivity index (χ4v) is 3.27. The van der Waals surface area contributed by atoms with Crippen molar-refractivity contribution in [3.63, 3.8) is 0 Å². The standard InChI is InChI=1S/C14H21N5S/c1-17-7-3-15-13(17)11-18-5-2-6-19(9-8-18)12-14-16-4-10-20-14/h3-4,7,10H,2,5-6,8-9,11-12H2,1H3. The van der Waals surface area contributed by atoms with Crippen LogP contribution < -0.4 is 0 Å². The Bertz CT molecular complexity index is 521. The van der Waals surface area contributed by atoms with Crippen LogP contribution in [0.1, 0.15) is 17.3 Å². The number of imidazole rings is 1. The fourth-order valence-electron chi connectivity index (χ4n) is 2.61. The molecule has 0 N–H and O–H groups in total. The second kappa shape index (κ2) is 6.47. The summed E-state index contributed by atoms with van der Waals surface area (Å²) < 4.78 is 2.11. The summed E-state index contributed by atoms with van der Waals surface area (Å²) >= 11 is 1.75. The summed E-state index contributed by atoms with van der Waals surface area (Å²) in [5.74, 6) is 1.15. The Morgan fingerprint density at radius 3 is 2.50 bits per heavy atom. The molecule has 3 rings (SSSR count). The number of hydrogen-bond acceptors (Lipinski definition) is 5. The average molecular weight is 291 g/mol. The molecule has 0 aromatic carbocycles. The topological polar surface area (TPSA) is 37.2 Å². The van der Waals surface area contributed by atoms with Crippen LogP contribution in [0.3, 0.4) is 0 Å². The molecular formula is C14H21N5S. The van der Waals surface area contributed by atoms with Crippen molar-refractivity contribution in [2.24, 2.45) is 7.05 Å². The minimum atomic E-state index is 0.953. The van der Waals surface area contributed by atoms with E-state index in [9.17, 15) is 0 Å². The van der Waals surface area contributed by atoms with Crippen molar-refractivity contribution < 1.29 is 0 Å². The largest absolute Gasteiger partial charge is 0.337 e. The molecule has 3 heterocycles. The molecule has 6 heteroatoms. The van der Waals surface area contributed by atoms with E-state index >= 15 is 0 Å². The first-order valence-electron chi connectivity index (χ1n) is 7.10. The molecule has 108 valence electrons. The minimum absolute atomic E-state index is 0.953. The van der Waals surface area contributed by atoms with Crippen LogP contribution in [0.5, 0.6) is 0 Å². The highest BCUT2D eigenvalue weighted by molar-refractivity contribution is 7.09. The smallest absolute Gasteiger partial charge is 0.122 e. The maximum absolute atomic E-state index is 4.42. The highest BCUT2D eigenvalue weighted by Crippen LogP contribution is 2.12. The highest BCUT2D eigenvalue weighted by atomic mass is 32.1. The van der Waals surface area contributed by atoms with E-state index in [4.69, 9.17) is 0 Å². The van der Waals surface area contributed by atoms with Crippen molar-refractivity contribution in [3.8, 4) is 0 Å². The van der Waals surface area contributed by atoms with E-state index in [0.717, 1.165) is 45.1 Å². The van der Waals surface area contributed by atoms with Crippen molar-refractivity contribution in [1.82, 2.24) is 24.3 Å². The van der Waals surface area contributed by atoms with Gasteiger partial charge in [0, 0.05) is 44.1 Å². The van der Waals surface area contributed by atoms with Gasteiger partial charge in [0.2, 0.25) is 0 Å². The van der Waals surface area contributed by atoms with E-state index in [1.54, 1.807) is 11.3 Å². The summed E-state index contributed by atoms with van der Waals surface area (Å²) in [5, 5.41) is 3.28. The molecule has 2 aromatic rings. The quantitative estimate of drug-likeness (QED) is 0.857. The molecule has 5 nitrogen and oxygen atoms in total. The minimum Gasteiger partial charge on any atom is -0.337 e. The third kappa shape index (κ3) is 3.45. The van der Waals surface area contributed by atoms with Crippen molar-refractivity contribution >= 4 is 11.3 Å². The Hall–Kier alpha value is -1.24. The Labute approximate surface area is 123 Å². The van der Waals surface area contributed by atoms with Gasteiger partial charge in [0.1, 0.15) is 10.8 Å². The molecule has 0 aliphatic carbocycles. The first-order chi connectivity index (χ1) is 9.81. The molecule has 0 unspecified atom stereocenters. The third-order valence-corrected chi connectivity index (χ3v) is 4.57. The molecule has 0 radical (unpaired) electrons. The second-order valence-corrected chi connectivity index (χ2v) is 6.27. The maximum Gasteiger partial charge on any atom is 0.122 e. The van der Waals surface area contributed by atoms with Crippen LogP contribution >= 0.6 is 11.3 Å². The monoisotopic (exact) mass is 291 g/mol. The zero-order valence-corrected chi connectivity index (χ0v) is 12.7. The number of rotatable bonds is 4. The van der Waals surface area contributed by atoms with E-state index in [2.05, 4.69) is 36.8 Å². The fraction of sp³-hybridized carbons (Fsp3) is 0.571. The van der Waals surface area contributed by atoms with E-state index in [-0.39, 0.29) is 0 Å². The normalized spacial score (nSPS) is 18.2. The number of aromatic nitrogens is 3. The molecule has 0 atom stereocenters. The lowest BCUT2D eigenvalue weighted by atomic mass is 10.3. The summed E-state index contributed by atoms with van der Waals surface area (Å²) in [6, 6.07) is 0. The van der Waals surface area contributed by atoms with E-state index in [1.807, 2.05) is 18.6 Å². The van der Waals surface area contributed by atoms with Crippen molar-refractivity contribution in [2.75, 3.05) is 26.2 Å². The summed E-state index contributed by atoms with van der Waals surface area (Å²) in [7, 11) is 2.06. The first-order valence-corrected chi connectivity index (χ1v) is 7.98. The first kappa shape index (κ1) is 13.7. The lowest BCUT2D eigenvalue weighted by Crippen LogP contribution is -2.30. The molecular weight excluding hydrogens is 270 g/mol. The Kier molecular flexibility index (Phi) is 4.44. The zero-order chi connectivity index (χ0) is 13.8. The molecule has 20 heavy (non-hydrogen) atoms. The van der Waals surface area contributed by atoms with Gasteiger partial charge in [0.25, 0.3) is 0 Å². The van der Waals surface area contributed by atoms with Crippen LogP contribution in [0.2, 0.25) is 0 Å². The van der Waals surface area contributed by atoms with Crippen molar-refractivity contribution in [1.29, 1.82) is 0 Å². The number of aryl methyl sites for hydroxylation is 1. The molecule has 1 aliphatic rings. The average Bonchev–Trinajstić information content (AvgIpc) is 3.02. The third-order valence-electron chi connectivity index (χ3n) is 3.81. The van der Waals surface area contributed by atoms with E-state index in [1.165, 1.54) is 11.4 Å². The Balaban J connectivity index is 1.53. The number of thiazole rings is 1. The highest BCUT2D eigenvalue weighted by Gasteiger charge is 2.16. The van der Waals surface area contributed by atoms with E-state index < -0.39 is 0 Å². The molecule has 0 saturated carbocycles. The molecule has 2 aromatic heterocycles. The predicted molar refractivity (Wildman–Crippen MR) is 80.5 cm³/mol. The van der Waals surface area contributed by atoms with Gasteiger partial charge in [-0.15, -0.1) is 11.3 Å². The van der Waals surface area contributed by atoms with Crippen LogP contribution in [0.25, 0.3) is 0 Å². The summed E-state index contributed by atoms with van der Waals surface area (Å²) in [5.41, 5.74) is 0. The van der Waals surface area contributed by atoms with Gasteiger partial charge in [-0.1, -0.05) is 0 Å². The van der Waals surface area contributed by atoms with E-state index in [0.29, 0.717) is 0 Å². The Morgan fingerprint density at radius 1 is 1.05 bits per heavy atom. The molecule has 1 fully saturated rings. The predicted octanol–water partition coefficient (Wildman–Crippen LogP) is 1.58.